The zero-order valence-corrected chi connectivity index (χ0v) is 23.6. The van der Waals surface area contributed by atoms with Gasteiger partial charge in [-0.15, -0.1) is 5.10 Å². The van der Waals surface area contributed by atoms with E-state index in [4.69, 9.17) is 10.7 Å². The average Bonchev–Trinajstić information content (AvgIpc) is 3.71. The Morgan fingerprint density at radius 3 is 2.37 bits per heavy atom. The summed E-state index contributed by atoms with van der Waals surface area (Å²) in [6.07, 6.45) is 7.99. The van der Waals surface area contributed by atoms with Gasteiger partial charge in [-0.2, -0.15) is 9.61 Å². The molecule has 0 spiro atoms. The molecule has 5 aromatic rings. The van der Waals surface area contributed by atoms with Crippen molar-refractivity contribution in [1.29, 1.82) is 0 Å². The number of sulfone groups is 1. The lowest BCUT2D eigenvalue weighted by Gasteiger charge is -2.39. The lowest BCUT2D eigenvalue weighted by molar-refractivity contribution is 0.0562. The van der Waals surface area contributed by atoms with E-state index in [2.05, 4.69) is 25.5 Å². The molecule has 0 radical (unpaired) electrons. The molecule has 1 aromatic carbocycles. The standard InChI is InChI=1S/C28H25F2N9O3S/c1-43(41,42)25-24(15-9-16-6-7-17(10-15)38(16)28(40)22-13-33-37-36-22)35-27-18(12-34-39(27)26(25)31)14-5-8-21(32-11-14)23-19(29)3-2-4-20(23)30/h2-5,8,11-13,15-17H,6-7,9-10,31H2,1H3,(H,33,36,37)/t15?,16-,17?/m1/s1. The van der Waals surface area contributed by atoms with E-state index in [0.717, 1.165) is 31.2 Å². The Morgan fingerprint density at radius 1 is 1.05 bits per heavy atom. The molecule has 220 valence electrons. The largest absolute Gasteiger partial charge is 0.382 e. The molecule has 3 N–H and O–H groups in total. The molecule has 0 saturated carbocycles. The molecule has 2 fully saturated rings. The highest BCUT2D eigenvalue weighted by Gasteiger charge is 2.46. The fourth-order valence-corrected chi connectivity index (χ4v) is 7.55. The van der Waals surface area contributed by atoms with Crippen LogP contribution in [-0.4, -0.2) is 72.6 Å². The van der Waals surface area contributed by atoms with E-state index in [1.165, 1.54) is 35.2 Å². The molecular weight excluding hydrogens is 580 g/mol. The van der Waals surface area contributed by atoms with Crippen molar-refractivity contribution in [3.8, 4) is 22.4 Å². The van der Waals surface area contributed by atoms with Gasteiger partial charge in [-0.1, -0.05) is 17.3 Å². The van der Waals surface area contributed by atoms with Gasteiger partial charge in [0.2, 0.25) is 0 Å². The number of amides is 1. The van der Waals surface area contributed by atoms with Crippen molar-refractivity contribution >= 4 is 27.2 Å². The summed E-state index contributed by atoms with van der Waals surface area (Å²) in [7, 11) is -3.82. The van der Waals surface area contributed by atoms with Crippen LogP contribution in [0.3, 0.4) is 0 Å². The highest BCUT2D eigenvalue weighted by molar-refractivity contribution is 7.91. The predicted octanol–water partition coefficient (Wildman–Crippen LogP) is 3.39. The van der Waals surface area contributed by atoms with Gasteiger partial charge in [-0.25, -0.2) is 22.2 Å². The topological polar surface area (TPSA) is 165 Å². The number of H-pyrrole nitrogens is 1. The summed E-state index contributed by atoms with van der Waals surface area (Å²) in [5.41, 5.74) is 8.37. The maximum atomic E-state index is 14.3. The summed E-state index contributed by atoms with van der Waals surface area (Å²) in [6.45, 7) is 0. The molecule has 1 amide bonds. The van der Waals surface area contributed by atoms with Crippen molar-refractivity contribution in [3.05, 3.63) is 71.9 Å². The summed E-state index contributed by atoms with van der Waals surface area (Å²) in [4.78, 5) is 24.0. The molecule has 6 heterocycles. The summed E-state index contributed by atoms with van der Waals surface area (Å²) < 4.78 is 56.0. The monoisotopic (exact) mass is 605 g/mol. The van der Waals surface area contributed by atoms with Gasteiger partial charge in [-0.3, -0.25) is 14.9 Å². The van der Waals surface area contributed by atoms with Crippen molar-refractivity contribution < 1.29 is 22.0 Å². The van der Waals surface area contributed by atoms with Crippen LogP contribution < -0.4 is 5.73 Å². The smallest absolute Gasteiger partial charge is 0.274 e. The SMILES string of the molecule is CS(=O)(=O)c1c(C2CC3CC[C@H](C2)N3C(=O)c2cnn[nH]2)nc2c(-c3ccc(-c4c(F)cccc4F)nc3)cnn2c1N. The summed E-state index contributed by atoms with van der Waals surface area (Å²) in [5.74, 6) is -2.00. The Labute approximate surface area is 243 Å². The molecule has 12 nitrogen and oxygen atoms in total. The van der Waals surface area contributed by atoms with E-state index in [1.807, 2.05) is 4.90 Å². The Hall–Kier alpha value is -4.79. The highest BCUT2D eigenvalue weighted by atomic mass is 32.2. The van der Waals surface area contributed by atoms with Gasteiger partial charge >= 0.3 is 0 Å². The van der Waals surface area contributed by atoms with E-state index in [1.54, 1.807) is 6.07 Å². The van der Waals surface area contributed by atoms with Gasteiger partial charge in [0.1, 0.15) is 28.0 Å². The molecule has 15 heteroatoms. The summed E-state index contributed by atoms with van der Waals surface area (Å²) in [6, 6.07) is 6.50. The Kier molecular flexibility index (Phi) is 6.23. The number of anilines is 1. The molecule has 2 aliphatic heterocycles. The Bertz CT molecular complexity index is 1960. The van der Waals surface area contributed by atoms with Gasteiger partial charge in [-0.05, 0) is 43.9 Å². The van der Waals surface area contributed by atoms with Crippen LogP contribution in [-0.2, 0) is 9.84 Å². The Morgan fingerprint density at radius 2 is 1.77 bits per heavy atom. The van der Waals surface area contributed by atoms with E-state index < -0.39 is 21.5 Å². The molecule has 43 heavy (non-hydrogen) atoms. The second-order valence-electron chi connectivity index (χ2n) is 10.9. The molecule has 7 rings (SSSR count). The first kappa shape index (κ1) is 27.1. The molecule has 3 atom stereocenters. The van der Waals surface area contributed by atoms with Crippen LogP contribution in [0, 0.1) is 11.6 Å². The van der Waals surface area contributed by atoms with Gasteiger partial charge in [0.15, 0.2) is 15.5 Å². The molecule has 2 saturated heterocycles. The number of fused-ring (bicyclic) bond motifs is 3. The number of pyridine rings is 1. The number of nitrogens with zero attached hydrogens (tertiary/aromatic N) is 7. The molecule has 2 aliphatic rings. The third-order valence-corrected chi connectivity index (χ3v) is 9.49. The van der Waals surface area contributed by atoms with Gasteiger partial charge in [0, 0.05) is 41.6 Å². The molecule has 2 unspecified atom stereocenters. The molecular formula is C28H25F2N9O3S. The third kappa shape index (κ3) is 4.42. The van der Waals surface area contributed by atoms with Crippen LogP contribution >= 0.6 is 0 Å². The number of hydrogen-bond acceptors (Lipinski definition) is 9. The number of nitrogens with one attached hydrogen (secondary N) is 1. The van der Waals surface area contributed by atoms with Gasteiger partial charge in [0.25, 0.3) is 5.91 Å². The normalized spacial score (nSPS) is 20.2. The van der Waals surface area contributed by atoms with Crippen molar-refractivity contribution in [1.82, 2.24) is 39.9 Å². The van der Waals surface area contributed by atoms with Gasteiger partial charge < -0.3 is 10.6 Å². The lowest BCUT2D eigenvalue weighted by atomic mass is 9.87. The fourth-order valence-electron chi connectivity index (χ4n) is 6.49. The number of benzene rings is 1. The highest BCUT2D eigenvalue weighted by Crippen LogP contribution is 2.45. The first-order chi connectivity index (χ1) is 20.6. The zero-order chi connectivity index (χ0) is 30.0. The minimum absolute atomic E-state index is 0.0684. The van der Waals surface area contributed by atoms with E-state index in [9.17, 15) is 22.0 Å². The second-order valence-corrected chi connectivity index (χ2v) is 12.9. The lowest BCUT2D eigenvalue weighted by Crippen LogP contribution is -2.46. The summed E-state index contributed by atoms with van der Waals surface area (Å²) in [5, 5.41) is 14.3. The first-order valence-corrected chi connectivity index (χ1v) is 15.5. The maximum Gasteiger partial charge on any atom is 0.274 e. The molecule has 4 aromatic heterocycles. The predicted molar refractivity (Wildman–Crippen MR) is 150 cm³/mol. The van der Waals surface area contributed by atoms with Crippen LogP contribution in [0.25, 0.3) is 28.0 Å². The number of carbonyl (C=O) groups excluding carboxylic acids is 1. The number of hydrogen-bond donors (Lipinski definition) is 2. The number of aromatic amines is 1. The van der Waals surface area contributed by atoms with Gasteiger partial charge in [0.05, 0.1) is 29.3 Å². The van der Waals surface area contributed by atoms with Crippen LogP contribution in [0.2, 0.25) is 0 Å². The third-order valence-electron chi connectivity index (χ3n) is 8.33. The Balaban J connectivity index is 1.29. The average molecular weight is 606 g/mol. The van der Waals surface area contributed by atoms with Crippen LogP contribution in [0.4, 0.5) is 14.6 Å². The fraction of sp³-hybridized carbons (Fsp3) is 0.286. The number of nitrogens with two attached hydrogens (primary N) is 1. The quantitative estimate of drug-likeness (QED) is 0.305. The number of rotatable bonds is 5. The van der Waals surface area contributed by atoms with E-state index in [-0.39, 0.29) is 45.9 Å². The van der Waals surface area contributed by atoms with Crippen LogP contribution in [0.5, 0.6) is 0 Å². The number of piperidine rings is 1. The van der Waals surface area contributed by atoms with E-state index >= 15 is 0 Å². The minimum Gasteiger partial charge on any atom is -0.382 e. The minimum atomic E-state index is -3.82. The number of carbonyl (C=O) groups is 1. The summed E-state index contributed by atoms with van der Waals surface area (Å²) >= 11 is 0. The number of halogens is 2. The van der Waals surface area contributed by atoms with Crippen molar-refractivity contribution in [2.75, 3.05) is 12.0 Å². The second kappa shape index (κ2) is 9.90. The van der Waals surface area contributed by atoms with E-state index in [0.29, 0.717) is 41.0 Å². The molecule has 2 bridgehead atoms. The van der Waals surface area contributed by atoms with Crippen molar-refractivity contribution in [2.45, 2.75) is 48.6 Å². The van der Waals surface area contributed by atoms with Crippen LogP contribution in [0.1, 0.15) is 47.8 Å². The molecule has 0 aliphatic carbocycles. The van der Waals surface area contributed by atoms with Crippen LogP contribution in [0.15, 0.2) is 53.8 Å². The van der Waals surface area contributed by atoms with Crippen molar-refractivity contribution in [2.24, 2.45) is 0 Å². The number of aromatic nitrogens is 7. The zero-order valence-electron chi connectivity index (χ0n) is 22.8. The first-order valence-electron chi connectivity index (χ1n) is 13.6. The maximum absolute atomic E-state index is 14.3. The van der Waals surface area contributed by atoms with Crippen molar-refractivity contribution in [3.63, 3.8) is 0 Å². The number of nitrogen functional groups attached to an aromatic ring is 1.